The molecule has 178 valence electrons. The number of anilines is 3. The van der Waals surface area contributed by atoms with E-state index in [1.807, 2.05) is 74.5 Å². The van der Waals surface area contributed by atoms with E-state index in [1.165, 1.54) is 5.56 Å². The fraction of sp³-hybridized carbons (Fsp3) is 0.321. The summed E-state index contributed by atoms with van der Waals surface area (Å²) in [7, 11) is 2.16. The third-order valence-electron chi connectivity index (χ3n) is 6.11. The van der Waals surface area contributed by atoms with Gasteiger partial charge in [0.05, 0.1) is 6.61 Å². The van der Waals surface area contributed by atoms with Crippen LogP contribution in [0.25, 0.3) is 0 Å². The Labute approximate surface area is 202 Å². The molecular formula is C28H34N4O2. The lowest BCUT2D eigenvalue weighted by Crippen LogP contribution is -2.43. The number of nitrogens with one attached hydrogen (secondary N) is 2. The zero-order valence-corrected chi connectivity index (χ0v) is 20.3. The van der Waals surface area contributed by atoms with Crippen LogP contribution in [-0.4, -0.2) is 55.5 Å². The third kappa shape index (κ3) is 6.37. The smallest absolute Gasteiger partial charge is 0.255 e. The molecule has 6 heteroatoms. The van der Waals surface area contributed by atoms with Gasteiger partial charge in [0.15, 0.2) is 0 Å². The van der Waals surface area contributed by atoms with Crippen LogP contribution in [0.3, 0.4) is 0 Å². The van der Waals surface area contributed by atoms with Crippen LogP contribution in [0.1, 0.15) is 28.4 Å². The van der Waals surface area contributed by atoms with Gasteiger partial charge in [-0.25, -0.2) is 0 Å². The molecule has 1 amide bonds. The van der Waals surface area contributed by atoms with Crippen LogP contribution >= 0.6 is 0 Å². The van der Waals surface area contributed by atoms with E-state index in [4.69, 9.17) is 4.74 Å². The van der Waals surface area contributed by atoms with Crippen LogP contribution in [0.15, 0.2) is 66.7 Å². The standard InChI is InChI=1S/C28H34N4O2/c1-4-34-26-10-6-9-24(18-26)29-25-12-11-21(2)27(19-25)30-28(33)23-8-5-7-22(17-23)20-32-15-13-31(3)14-16-32/h5-12,17-19,29H,4,13-16,20H2,1-3H3,(H,30,33). The number of hydrogen-bond donors (Lipinski definition) is 2. The molecule has 0 aliphatic carbocycles. The lowest BCUT2D eigenvalue weighted by molar-refractivity contribution is 0.102. The normalized spacial score (nSPS) is 14.6. The van der Waals surface area contributed by atoms with Crippen LogP contribution in [0.2, 0.25) is 0 Å². The van der Waals surface area contributed by atoms with Gasteiger partial charge in [-0.3, -0.25) is 9.69 Å². The molecule has 0 radical (unpaired) electrons. The van der Waals surface area contributed by atoms with E-state index in [1.54, 1.807) is 0 Å². The Balaban J connectivity index is 1.43. The molecule has 1 fully saturated rings. The minimum atomic E-state index is -0.0983. The highest BCUT2D eigenvalue weighted by Crippen LogP contribution is 2.26. The van der Waals surface area contributed by atoms with Gasteiger partial charge in [0.1, 0.15) is 5.75 Å². The molecule has 6 nitrogen and oxygen atoms in total. The number of aryl methyl sites for hydroxylation is 1. The van der Waals surface area contributed by atoms with Gasteiger partial charge in [-0.2, -0.15) is 0 Å². The summed E-state index contributed by atoms with van der Waals surface area (Å²) in [6, 6.07) is 21.8. The molecule has 1 aliphatic rings. The van der Waals surface area contributed by atoms with E-state index in [-0.39, 0.29) is 5.91 Å². The number of hydrogen-bond acceptors (Lipinski definition) is 5. The summed E-state index contributed by atoms with van der Waals surface area (Å²) in [5, 5.41) is 6.50. The summed E-state index contributed by atoms with van der Waals surface area (Å²) < 4.78 is 5.59. The van der Waals surface area contributed by atoms with Crippen LogP contribution in [0, 0.1) is 6.92 Å². The lowest BCUT2D eigenvalue weighted by Gasteiger charge is -2.32. The first-order valence-corrected chi connectivity index (χ1v) is 11.9. The summed E-state index contributed by atoms with van der Waals surface area (Å²) in [4.78, 5) is 17.9. The molecule has 3 aromatic rings. The Morgan fingerprint density at radius 1 is 0.941 bits per heavy atom. The maximum atomic E-state index is 13.1. The van der Waals surface area contributed by atoms with E-state index in [0.29, 0.717) is 12.2 Å². The third-order valence-corrected chi connectivity index (χ3v) is 6.11. The molecule has 3 aromatic carbocycles. The predicted octanol–water partition coefficient (Wildman–Crippen LogP) is 5.14. The summed E-state index contributed by atoms with van der Waals surface area (Å²) in [5.41, 5.74) is 5.48. The number of ether oxygens (including phenoxy) is 1. The first-order chi connectivity index (χ1) is 16.5. The monoisotopic (exact) mass is 458 g/mol. The zero-order valence-electron chi connectivity index (χ0n) is 20.3. The van der Waals surface area contributed by atoms with Crippen molar-refractivity contribution in [1.29, 1.82) is 0 Å². The van der Waals surface area contributed by atoms with E-state index in [0.717, 1.165) is 61.1 Å². The van der Waals surface area contributed by atoms with Crippen molar-refractivity contribution in [3.8, 4) is 5.75 Å². The Morgan fingerprint density at radius 3 is 2.50 bits per heavy atom. The van der Waals surface area contributed by atoms with Crippen LogP contribution < -0.4 is 15.4 Å². The summed E-state index contributed by atoms with van der Waals surface area (Å²) >= 11 is 0. The van der Waals surface area contributed by atoms with Gasteiger partial charge in [-0.05, 0) is 68.4 Å². The van der Waals surface area contributed by atoms with Crippen LogP contribution in [0.4, 0.5) is 17.1 Å². The van der Waals surface area contributed by atoms with Gasteiger partial charge < -0.3 is 20.3 Å². The quantitative estimate of drug-likeness (QED) is 0.490. The van der Waals surface area contributed by atoms with E-state index < -0.39 is 0 Å². The van der Waals surface area contributed by atoms with Crippen molar-refractivity contribution in [2.24, 2.45) is 0 Å². The second-order valence-electron chi connectivity index (χ2n) is 8.85. The molecule has 0 saturated carbocycles. The molecular weight excluding hydrogens is 424 g/mol. The van der Waals surface area contributed by atoms with Crippen LogP contribution in [0.5, 0.6) is 5.75 Å². The van der Waals surface area contributed by atoms with Gasteiger partial charge in [0, 0.05) is 61.4 Å². The van der Waals surface area contributed by atoms with Crippen molar-refractivity contribution in [3.63, 3.8) is 0 Å². The van der Waals surface area contributed by atoms with Crippen molar-refractivity contribution < 1.29 is 9.53 Å². The summed E-state index contributed by atoms with van der Waals surface area (Å²) in [6.07, 6.45) is 0. The highest BCUT2D eigenvalue weighted by atomic mass is 16.5. The molecule has 2 N–H and O–H groups in total. The fourth-order valence-corrected chi connectivity index (χ4v) is 4.10. The first kappa shape index (κ1) is 23.8. The van der Waals surface area contributed by atoms with Crippen molar-refractivity contribution in [1.82, 2.24) is 9.80 Å². The van der Waals surface area contributed by atoms with Gasteiger partial charge in [0.2, 0.25) is 0 Å². The zero-order chi connectivity index (χ0) is 23.9. The molecule has 1 aliphatic heterocycles. The summed E-state index contributed by atoms with van der Waals surface area (Å²) in [6.45, 7) is 9.74. The van der Waals surface area contributed by atoms with Crippen molar-refractivity contribution in [2.75, 3.05) is 50.5 Å². The van der Waals surface area contributed by atoms with Crippen LogP contribution in [-0.2, 0) is 6.54 Å². The highest BCUT2D eigenvalue weighted by molar-refractivity contribution is 6.05. The average molecular weight is 459 g/mol. The molecule has 1 heterocycles. The molecule has 1 saturated heterocycles. The lowest BCUT2D eigenvalue weighted by atomic mass is 10.1. The second-order valence-corrected chi connectivity index (χ2v) is 8.85. The number of likely N-dealkylation sites (N-methyl/N-ethyl adjacent to an activating group) is 1. The fourth-order valence-electron chi connectivity index (χ4n) is 4.10. The highest BCUT2D eigenvalue weighted by Gasteiger charge is 2.15. The Bertz CT molecular complexity index is 1120. The number of rotatable bonds is 8. The molecule has 0 spiro atoms. The topological polar surface area (TPSA) is 56.8 Å². The Kier molecular flexibility index (Phi) is 7.83. The largest absolute Gasteiger partial charge is 0.494 e. The number of nitrogens with zero attached hydrogens (tertiary/aromatic N) is 2. The number of amides is 1. The number of benzene rings is 3. The molecule has 0 unspecified atom stereocenters. The van der Waals surface area contributed by atoms with E-state index in [2.05, 4.69) is 33.5 Å². The van der Waals surface area contributed by atoms with Crippen molar-refractivity contribution in [3.05, 3.63) is 83.4 Å². The van der Waals surface area contributed by atoms with E-state index in [9.17, 15) is 4.79 Å². The van der Waals surface area contributed by atoms with Crippen molar-refractivity contribution >= 4 is 23.0 Å². The maximum Gasteiger partial charge on any atom is 0.255 e. The molecule has 4 rings (SSSR count). The minimum absolute atomic E-state index is 0.0983. The molecule has 0 aromatic heterocycles. The number of carbonyl (C=O) groups is 1. The Hall–Kier alpha value is -3.35. The first-order valence-electron chi connectivity index (χ1n) is 11.9. The molecule has 34 heavy (non-hydrogen) atoms. The Morgan fingerprint density at radius 2 is 1.71 bits per heavy atom. The SMILES string of the molecule is CCOc1cccc(Nc2ccc(C)c(NC(=O)c3cccc(CN4CCN(C)CC4)c3)c2)c1. The molecule has 0 atom stereocenters. The molecule has 0 bridgehead atoms. The van der Waals surface area contributed by atoms with Gasteiger partial charge in [0.25, 0.3) is 5.91 Å². The van der Waals surface area contributed by atoms with Gasteiger partial charge in [-0.15, -0.1) is 0 Å². The minimum Gasteiger partial charge on any atom is -0.494 e. The maximum absolute atomic E-state index is 13.1. The van der Waals surface area contributed by atoms with Gasteiger partial charge >= 0.3 is 0 Å². The summed E-state index contributed by atoms with van der Waals surface area (Å²) in [5.74, 6) is 0.725. The van der Waals surface area contributed by atoms with E-state index >= 15 is 0 Å². The second kappa shape index (κ2) is 11.2. The van der Waals surface area contributed by atoms with Gasteiger partial charge in [-0.1, -0.05) is 24.3 Å². The number of piperazine rings is 1. The average Bonchev–Trinajstić information content (AvgIpc) is 2.83. The predicted molar refractivity (Wildman–Crippen MR) is 139 cm³/mol. The van der Waals surface area contributed by atoms with Crippen molar-refractivity contribution in [2.45, 2.75) is 20.4 Å². The number of carbonyl (C=O) groups excluding carboxylic acids is 1.